The van der Waals surface area contributed by atoms with E-state index in [1.165, 1.54) is 24.7 Å². The highest BCUT2D eigenvalue weighted by Crippen LogP contribution is 2.37. The summed E-state index contributed by atoms with van der Waals surface area (Å²) in [5.74, 6) is 0.909. The maximum absolute atomic E-state index is 13.2. The zero-order chi connectivity index (χ0) is 12.3. The quantitative estimate of drug-likeness (QED) is 0.894. The van der Waals surface area contributed by atoms with Gasteiger partial charge in [-0.1, -0.05) is 23.7 Å². The van der Waals surface area contributed by atoms with Crippen LogP contribution in [0.5, 0.6) is 0 Å². The highest BCUT2D eigenvalue weighted by atomic mass is 35.5. The van der Waals surface area contributed by atoms with Crippen LogP contribution >= 0.6 is 23.4 Å². The fourth-order valence-electron chi connectivity index (χ4n) is 2.12. The molecule has 0 bridgehead atoms. The standard InChI is InChI=1S/C13H17ClFNS/c1-13(6-3-7-17-13)9-16-8-10-4-2-5-11(15)12(10)14/h2,4-5,16H,3,6-9H2,1H3. The molecule has 0 aliphatic carbocycles. The lowest BCUT2D eigenvalue weighted by molar-refractivity contribution is 0.535. The summed E-state index contributed by atoms with van der Waals surface area (Å²) < 4.78 is 13.6. The molecule has 1 N–H and O–H groups in total. The second-order valence-electron chi connectivity index (χ2n) is 4.72. The zero-order valence-corrected chi connectivity index (χ0v) is 11.5. The van der Waals surface area contributed by atoms with Gasteiger partial charge in [-0.2, -0.15) is 11.8 Å². The van der Waals surface area contributed by atoms with Crippen molar-refractivity contribution >= 4 is 23.4 Å². The smallest absolute Gasteiger partial charge is 0.142 e. The first-order valence-electron chi connectivity index (χ1n) is 5.88. The van der Waals surface area contributed by atoms with Gasteiger partial charge in [0, 0.05) is 17.8 Å². The molecule has 4 heteroatoms. The summed E-state index contributed by atoms with van der Waals surface area (Å²) in [6.45, 7) is 3.86. The van der Waals surface area contributed by atoms with Gasteiger partial charge in [0.1, 0.15) is 5.82 Å². The van der Waals surface area contributed by atoms with Gasteiger partial charge in [0.05, 0.1) is 5.02 Å². The minimum atomic E-state index is -0.340. The van der Waals surface area contributed by atoms with Gasteiger partial charge < -0.3 is 5.32 Å². The largest absolute Gasteiger partial charge is 0.311 e. The van der Waals surface area contributed by atoms with Crippen LogP contribution in [0.4, 0.5) is 4.39 Å². The number of hydrogen-bond acceptors (Lipinski definition) is 2. The first-order chi connectivity index (χ1) is 8.11. The van der Waals surface area contributed by atoms with Crippen molar-refractivity contribution in [2.24, 2.45) is 0 Å². The van der Waals surface area contributed by atoms with Gasteiger partial charge in [-0.15, -0.1) is 0 Å². The lowest BCUT2D eigenvalue weighted by atomic mass is 10.1. The van der Waals surface area contributed by atoms with E-state index in [9.17, 15) is 4.39 Å². The summed E-state index contributed by atoms with van der Waals surface area (Å²) in [7, 11) is 0. The molecule has 1 aromatic carbocycles. The molecular formula is C13H17ClFNS. The molecule has 0 amide bonds. The van der Waals surface area contributed by atoms with Crippen LogP contribution in [0.3, 0.4) is 0 Å². The summed E-state index contributed by atoms with van der Waals surface area (Å²) in [5, 5.41) is 3.62. The van der Waals surface area contributed by atoms with Gasteiger partial charge in [-0.05, 0) is 37.1 Å². The van der Waals surface area contributed by atoms with E-state index in [1.54, 1.807) is 6.07 Å². The van der Waals surface area contributed by atoms with Crippen LogP contribution in [0.25, 0.3) is 0 Å². The molecule has 1 heterocycles. The molecule has 17 heavy (non-hydrogen) atoms. The molecule has 1 saturated heterocycles. The average molecular weight is 274 g/mol. The van der Waals surface area contributed by atoms with E-state index in [-0.39, 0.29) is 10.8 Å². The van der Waals surface area contributed by atoms with Crippen molar-refractivity contribution in [2.75, 3.05) is 12.3 Å². The summed E-state index contributed by atoms with van der Waals surface area (Å²) in [6.07, 6.45) is 2.55. The van der Waals surface area contributed by atoms with Gasteiger partial charge in [0.2, 0.25) is 0 Å². The highest BCUT2D eigenvalue weighted by Gasteiger charge is 2.28. The van der Waals surface area contributed by atoms with Crippen molar-refractivity contribution in [3.8, 4) is 0 Å². The third-order valence-corrected chi connectivity index (χ3v) is 5.11. The molecule has 0 spiro atoms. The molecule has 0 saturated carbocycles. The molecule has 1 aromatic rings. The second-order valence-corrected chi connectivity index (χ2v) is 6.78. The van der Waals surface area contributed by atoms with Crippen molar-refractivity contribution in [1.82, 2.24) is 5.32 Å². The Kier molecular flexibility index (Phi) is 4.34. The molecular weight excluding hydrogens is 257 g/mol. The van der Waals surface area contributed by atoms with E-state index < -0.39 is 0 Å². The number of rotatable bonds is 4. The molecule has 1 fully saturated rings. The second kappa shape index (κ2) is 5.59. The monoisotopic (exact) mass is 273 g/mol. The summed E-state index contributed by atoms with van der Waals surface area (Å²) >= 11 is 7.92. The van der Waals surface area contributed by atoms with E-state index in [2.05, 4.69) is 12.2 Å². The van der Waals surface area contributed by atoms with Crippen molar-refractivity contribution in [3.63, 3.8) is 0 Å². The Bertz CT molecular complexity index is 391. The van der Waals surface area contributed by atoms with Crippen molar-refractivity contribution in [2.45, 2.75) is 31.1 Å². The van der Waals surface area contributed by atoms with Crippen LogP contribution in [0, 0.1) is 5.82 Å². The Labute approximate surface area is 111 Å². The molecule has 1 aliphatic rings. The minimum Gasteiger partial charge on any atom is -0.311 e. The van der Waals surface area contributed by atoms with E-state index in [1.807, 2.05) is 17.8 Å². The predicted octanol–water partition coefficient (Wildman–Crippen LogP) is 3.85. The van der Waals surface area contributed by atoms with E-state index in [4.69, 9.17) is 11.6 Å². The van der Waals surface area contributed by atoms with Gasteiger partial charge in [-0.25, -0.2) is 4.39 Å². The van der Waals surface area contributed by atoms with Crippen LogP contribution < -0.4 is 5.32 Å². The van der Waals surface area contributed by atoms with Crippen LogP contribution in [0.15, 0.2) is 18.2 Å². The van der Waals surface area contributed by atoms with Crippen molar-refractivity contribution in [3.05, 3.63) is 34.6 Å². The number of nitrogens with one attached hydrogen (secondary N) is 1. The first-order valence-corrected chi connectivity index (χ1v) is 7.25. The van der Waals surface area contributed by atoms with Crippen molar-refractivity contribution in [1.29, 1.82) is 0 Å². The molecule has 0 radical (unpaired) electrons. The van der Waals surface area contributed by atoms with Crippen molar-refractivity contribution < 1.29 is 4.39 Å². The highest BCUT2D eigenvalue weighted by molar-refractivity contribution is 8.00. The fourth-order valence-corrected chi connectivity index (χ4v) is 3.59. The summed E-state index contributed by atoms with van der Waals surface area (Å²) in [4.78, 5) is 0. The van der Waals surface area contributed by atoms with E-state index in [0.29, 0.717) is 11.3 Å². The van der Waals surface area contributed by atoms with E-state index in [0.717, 1.165) is 12.1 Å². The maximum atomic E-state index is 13.2. The van der Waals surface area contributed by atoms with Crippen LogP contribution in [-0.4, -0.2) is 17.0 Å². The number of benzene rings is 1. The zero-order valence-electron chi connectivity index (χ0n) is 9.93. The van der Waals surface area contributed by atoms with Crippen LogP contribution in [0.2, 0.25) is 5.02 Å². The topological polar surface area (TPSA) is 12.0 Å². The third-order valence-electron chi connectivity index (χ3n) is 3.15. The Hall–Kier alpha value is -0.250. The van der Waals surface area contributed by atoms with E-state index >= 15 is 0 Å². The van der Waals surface area contributed by atoms with Gasteiger partial charge in [0.25, 0.3) is 0 Å². The molecule has 1 nitrogen and oxygen atoms in total. The number of thioether (sulfide) groups is 1. The van der Waals surface area contributed by atoms with Gasteiger partial charge in [-0.3, -0.25) is 0 Å². The first kappa shape index (κ1) is 13.2. The van der Waals surface area contributed by atoms with Crippen LogP contribution in [0.1, 0.15) is 25.3 Å². The lowest BCUT2D eigenvalue weighted by Crippen LogP contribution is -2.32. The average Bonchev–Trinajstić information content (AvgIpc) is 2.72. The molecule has 94 valence electrons. The Balaban J connectivity index is 1.88. The summed E-state index contributed by atoms with van der Waals surface area (Å²) in [6, 6.07) is 4.95. The lowest BCUT2D eigenvalue weighted by Gasteiger charge is -2.23. The minimum absolute atomic E-state index is 0.240. The Morgan fingerprint density at radius 2 is 2.35 bits per heavy atom. The number of hydrogen-bond donors (Lipinski definition) is 1. The Morgan fingerprint density at radius 1 is 1.53 bits per heavy atom. The Morgan fingerprint density at radius 3 is 3.06 bits per heavy atom. The van der Waals surface area contributed by atoms with Gasteiger partial charge >= 0.3 is 0 Å². The normalized spacial score (nSPS) is 24.2. The molecule has 1 aliphatic heterocycles. The summed E-state index contributed by atoms with van der Waals surface area (Å²) in [5.41, 5.74) is 0.832. The molecule has 2 rings (SSSR count). The van der Waals surface area contributed by atoms with Gasteiger partial charge in [0.15, 0.2) is 0 Å². The predicted molar refractivity (Wildman–Crippen MR) is 73.2 cm³/mol. The molecule has 0 aromatic heterocycles. The maximum Gasteiger partial charge on any atom is 0.142 e. The fraction of sp³-hybridized carbons (Fsp3) is 0.538. The SMILES string of the molecule is CC1(CNCc2cccc(F)c2Cl)CCCS1. The third kappa shape index (κ3) is 3.36. The number of halogens is 2. The molecule has 1 unspecified atom stereocenters. The molecule has 1 atom stereocenters. The van der Waals surface area contributed by atoms with Crippen LogP contribution in [-0.2, 0) is 6.54 Å².